The maximum Gasteiger partial charge on any atom is 0.320 e. The number of carbonyl (C=O) groups is 1. The van der Waals surface area contributed by atoms with Crippen LogP contribution in [-0.4, -0.2) is 24.7 Å². The normalized spacial score (nSPS) is 33.6. The molecule has 1 N–H and O–H groups in total. The van der Waals surface area contributed by atoms with E-state index in [9.17, 15) is 4.79 Å². The van der Waals surface area contributed by atoms with Gasteiger partial charge in [0, 0.05) is 6.04 Å². The molecule has 2 rings (SSSR count). The van der Waals surface area contributed by atoms with Gasteiger partial charge in [0.15, 0.2) is 0 Å². The predicted octanol–water partition coefficient (Wildman–Crippen LogP) is 2.89. The molecule has 3 heteroatoms. The van der Waals surface area contributed by atoms with E-state index in [4.69, 9.17) is 4.74 Å². The van der Waals surface area contributed by atoms with Crippen LogP contribution in [0.3, 0.4) is 0 Å². The zero-order valence-corrected chi connectivity index (χ0v) is 11.8. The van der Waals surface area contributed by atoms with Gasteiger partial charge in [-0.15, -0.1) is 0 Å². The predicted molar refractivity (Wildman–Crippen MR) is 72.3 cm³/mol. The van der Waals surface area contributed by atoms with E-state index < -0.39 is 0 Å². The van der Waals surface area contributed by atoms with Crippen LogP contribution in [-0.2, 0) is 9.53 Å². The summed E-state index contributed by atoms with van der Waals surface area (Å²) in [5.41, 5.74) is 0. The third-order valence-electron chi connectivity index (χ3n) is 4.32. The molecule has 2 unspecified atom stereocenters. The van der Waals surface area contributed by atoms with Gasteiger partial charge in [-0.3, -0.25) is 4.79 Å². The fourth-order valence-corrected chi connectivity index (χ4v) is 3.55. The Kier molecular flexibility index (Phi) is 5.04. The summed E-state index contributed by atoms with van der Waals surface area (Å²) >= 11 is 0. The molecule has 0 aromatic rings. The first-order chi connectivity index (χ1) is 8.63. The lowest BCUT2D eigenvalue weighted by molar-refractivity contribution is -0.151. The van der Waals surface area contributed by atoms with E-state index in [1.165, 1.54) is 32.1 Å². The fraction of sp³-hybridized carbons (Fsp3) is 0.933. The minimum Gasteiger partial charge on any atom is -0.461 e. The average molecular weight is 253 g/mol. The van der Waals surface area contributed by atoms with Crippen molar-refractivity contribution in [1.82, 2.24) is 5.32 Å². The fourth-order valence-electron chi connectivity index (χ4n) is 3.55. The Morgan fingerprint density at radius 2 is 1.72 bits per heavy atom. The molecule has 0 bridgehead atoms. The van der Waals surface area contributed by atoms with Gasteiger partial charge in [0.2, 0.25) is 0 Å². The standard InChI is InChI=1S/C15H27NO2/c1-11-7-12(2)9-14(8-11)18-15(17)10-16-13-5-3-4-6-13/h11-14,16H,3-10H2,1-2H3. The second-order valence-electron chi connectivity index (χ2n) is 6.39. The Morgan fingerprint density at radius 3 is 2.33 bits per heavy atom. The van der Waals surface area contributed by atoms with Crippen molar-refractivity contribution in [3.8, 4) is 0 Å². The molecule has 3 nitrogen and oxygen atoms in total. The lowest BCUT2D eigenvalue weighted by Gasteiger charge is -2.31. The van der Waals surface area contributed by atoms with E-state index in [2.05, 4.69) is 19.2 Å². The molecular weight excluding hydrogens is 226 g/mol. The highest BCUT2D eigenvalue weighted by molar-refractivity contribution is 5.71. The molecule has 2 atom stereocenters. The molecule has 2 saturated carbocycles. The number of carbonyl (C=O) groups excluding carboxylic acids is 1. The Morgan fingerprint density at radius 1 is 1.11 bits per heavy atom. The number of ether oxygens (including phenoxy) is 1. The highest BCUT2D eigenvalue weighted by Crippen LogP contribution is 2.30. The number of nitrogens with one attached hydrogen (secondary N) is 1. The lowest BCUT2D eigenvalue weighted by atomic mass is 9.82. The molecule has 2 aliphatic rings. The van der Waals surface area contributed by atoms with Crippen LogP contribution < -0.4 is 5.32 Å². The van der Waals surface area contributed by atoms with E-state index in [-0.39, 0.29) is 12.1 Å². The SMILES string of the molecule is CC1CC(C)CC(OC(=O)CNC2CCCC2)C1. The topological polar surface area (TPSA) is 38.3 Å². The molecule has 0 heterocycles. The van der Waals surface area contributed by atoms with Gasteiger partial charge >= 0.3 is 5.97 Å². The van der Waals surface area contributed by atoms with Crippen molar-refractivity contribution in [2.24, 2.45) is 11.8 Å². The van der Waals surface area contributed by atoms with Gasteiger partial charge in [0.05, 0.1) is 6.54 Å². The first-order valence-electron chi connectivity index (χ1n) is 7.56. The Labute approximate surface area is 111 Å². The van der Waals surface area contributed by atoms with E-state index >= 15 is 0 Å². The van der Waals surface area contributed by atoms with E-state index in [1.54, 1.807) is 0 Å². The lowest BCUT2D eigenvalue weighted by Crippen LogP contribution is -2.36. The van der Waals surface area contributed by atoms with Gasteiger partial charge < -0.3 is 10.1 Å². The third kappa shape index (κ3) is 4.27. The van der Waals surface area contributed by atoms with Crippen LogP contribution in [0, 0.1) is 11.8 Å². The molecule has 0 spiro atoms. The van der Waals surface area contributed by atoms with E-state index in [0.717, 1.165) is 12.8 Å². The van der Waals surface area contributed by atoms with Crippen LogP contribution in [0.25, 0.3) is 0 Å². The number of hydrogen-bond donors (Lipinski definition) is 1. The minimum atomic E-state index is -0.0619. The van der Waals surface area contributed by atoms with Crippen molar-refractivity contribution in [2.75, 3.05) is 6.54 Å². The molecule has 2 fully saturated rings. The molecular formula is C15H27NO2. The highest BCUT2D eigenvalue weighted by Gasteiger charge is 2.26. The van der Waals surface area contributed by atoms with Gasteiger partial charge in [-0.1, -0.05) is 26.7 Å². The summed E-state index contributed by atoms with van der Waals surface area (Å²) < 4.78 is 5.59. The van der Waals surface area contributed by atoms with Crippen molar-refractivity contribution in [3.05, 3.63) is 0 Å². The van der Waals surface area contributed by atoms with Crippen LogP contribution in [0.1, 0.15) is 58.8 Å². The summed E-state index contributed by atoms with van der Waals surface area (Å²) in [6, 6.07) is 0.543. The quantitative estimate of drug-likeness (QED) is 0.783. The highest BCUT2D eigenvalue weighted by atomic mass is 16.5. The summed E-state index contributed by atoms with van der Waals surface area (Å²) in [6.07, 6.45) is 8.53. The Bertz CT molecular complexity index is 264. The van der Waals surface area contributed by atoms with Crippen molar-refractivity contribution >= 4 is 5.97 Å². The molecule has 0 aromatic carbocycles. The van der Waals surface area contributed by atoms with Crippen molar-refractivity contribution in [2.45, 2.75) is 70.9 Å². The van der Waals surface area contributed by atoms with E-state index in [1.807, 2.05) is 0 Å². The van der Waals surface area contributed by atoms with Crippen LogP contribution in [0.4, 0.5) is 0 Å². The molecule has 0 radical (unpaired) electrons. The second kappa shape index (κ2) is 6.55. The van der Waals surface area contributed by atoms with Crippen LogP contribution in [0.5, 0.6) is 0 Å². The first-order valence-corrected chi connectivity index (χ1v) is 7.56. The Balaban J connectivity index is 1.66. The molecule has 0 aliphatic heterocycles. The van der Waals surface area contributed by atoms with Crippen LogP contribution >= 0.6 is 0 Å². The molecule has 104 valence electrons. The average Bonchev–Trinajstić information content (AvgIpc) is 2.77. The monoisotopic (exact) mass is 253 g/mol. The largest absolute Gasteiger partial charge is 0.461 e. The summed E-state index contributed by atoms with van der Waals surface area (Å²) in [6.45, 7) is 4.91. The maximum atomic E-state index is 11.8. The molecule has 2 aliphatic carbocycles. The van der Waals surface area contributed by atoms with Crippen molar-refractivity contribution in [1.29, 1.82) is 0 Å². The molecule has 18 heavy (non-hydrogen) atoms. The number of rotatable bonds is 4. The van der Waals surface area contributed by atoms with Gasteiger partial charge in [-0.05, 0) is 43.9 Å². The van der Waals surface area contributed by atoms with Gasteiger partial charge in [-0.2, -0.15) is 0 Å². The molecule has 0 saturated heterocycles. The van der Waals surface area contributed by atoms with Crippen molar-refractivity contribution < 1.29 is 9.53 Å². The van der Waals surface area contributed by atoms with Gasteiger partial charge in [0.1, 0.15) is 6.10 Å². The minimum absolute atomic E-state index is 0.0619. The summed E-state index contributed by atoms with van der Waals surface area (Å²) in [5, 5.41) is 3.32. The van der Waals surface area contributed by atoms with Crippen molar-refractivity contribution in [3.63, 3.8) is 0 Å². The van der Waals surface area contributed by atoms with Gasteiger partial charge in [-0.25, -0.2) is 0 Å². The third-order valence-corrected chi connectivity index (χ3v) is 4.32. The second-order valence-corrected chi connectivity index (χ2v) is 6.39. The molecule has 0 amide bonds. The summed E-state index contributed by atoms with van der Waals surface area (Å²) in [4.78, 5) is 11.8. The van der Waals surface area contributed by atoms with Crippen LogP contribution in [0.2, 0.25) is 0 Å². The van der Waals surface area contributed by atoms with E-state index in [0.29, 0.717) is 24.4 Å². The number of hydrogen-bond acceptors (Lipinski definition) is 3. The molecule has 0 aromatic heterocycles. The zero-order chi connectivity index (χ0) is 13.0. The van der Waals surface area contributed by atoms with Crippen LogP contribution in [0.15, 0.2) is 0 Å². The smallest absolute Gasteiger partial charge is 0.320 e. The summed E-state index contributed by atoms with van der Waals surface area (Å²) in [5.74, 6) is 1.32. The Hall–Kier alpha value is -0.570. The maximum absolute atomic E-state index is 11.8. The first kappa shape index (κ1) is 13.9. The zero-order valence-electron chi connectivity index (χ0n) is 11.8. The summed E-state index contributed by atoms with van der Waals surface area (Å²) in [7, 11) is 0. The number of esters is 1. The van der Waals surface area contributed by atoms with Gasteiger partial charge in [0.25, 0.3) is 0 Å².